The van der Waals surface area contributed by atoms with E-state index in [1.54, 1.807) is 5.57 Å². The summed E-state index contributed by atoms with van der Waals surface area (Å²) in [5.41, 5.74) is 1.59. The zero-order valence-electron chi connectivity index (χ0n) is 10.3. The highest BCUT2D eigenvalue weighted by molar-refractivity contribution is 4.97. The molecule has 1 rings (SSSR count). The van der Waals surface area contributed by atoms with E-state index in [-0.39, 0.29) is 0 Å². The molecule has 1 aliphatic heterocycles. The molecule has 0 saturated carbocycles. The highest BCUT2D eigenvalue weighted by atomic mass is 15.1. The summed E-state index contributed by atoms with van der Waals surface area (Å²) in [6.45, 7) is 3.48. The standard InChI is InChI=1S/C14H25N/c1-14-10-6-4-3-5-8-12-15(2)13-9-7-11-14/h8,10,12H,3-7,9,11,13H2,1-2H3. The maximum absolute atomic E-state index is 2.44. The second-order valence-corrected chi connectivity index (χ2v) is 4.66. The Morgan fingerprint density at radius 1 is 1.07 bits per heavy atom. The third kappa shape index (κ3) is 6.38. The maximum Gasteiger partial charge on any atom is 0.0169 e. The van der Waals surface area contributed by atoms with Crippen LogP contribution >= 0.6 is 0 Å². The van der Waals surface area contributed by atoms with Gasteiger partial charge in [0.15, 0.2) is 0 Å². The van der Waals surface area contributed by atoms with Crippen LogP contribution in [0.3, 0.4) is 0 Å². The third-order valence-electron chi connectivity index (χ3n) is 3.01. The first-order chi connectivity index (χ1) is 7.29. The Bertz CT molecular complexity index is 215. The molecule has 0 saturated heterocycles. The fourth-order valence-electron chi connectivity index (χ4n) is 1.95. The monoisotopic (exact) mass is 207 g/mol. The van der Waals surface area contributed by atoms with Crippen molar-refractivity contribution in [1.82, 2.24) is 4.90 Å². The number of hydrogen-bond donors (Lipinski definition) is 0. The molecule has 1 heteroatoms. The zero-order valence-corrected chi connectivity index (χ0v) is 10.3. The average Bonchev–Trinajstić information content (AvgIpc) is 2.23. The molecule has 15 heavy (non-hydrogen) atoms. The minimum atomic E-state index is 1.20. The minimum Gasteiger partial charge on any atom is -0.381 e. The van der Waals surface area contributed by atoms with Gasteiger partial charge in [0, 0.05) is 13.6 Å². The lowest BCUT2D eigenvalue weighted by atomic mass is 10.1. The van der Waals surface area contributed by atoms with Crippen molar-refractivity contribution in [1.29, 1.82) is 0 Å². The third-order valence-corrected chi connectivity index (χ3v) is 3.01. The van der Waals surface area contributed by atoms with Gasteiger partial charge in [0.1, 0.15) is 0 Å². The van der Waals surface area contributed by atoms with Crippen LogP contribution in [-0.4, -0.2) is 18.5 Å². The Kier molecular flexibility index (Phi) is 6.22. The van der Waals surface area contributed by atoms with Crippen LogP contribution in [0, 0.1) is 0 Å². The second-order valence-electron chi connectivity index (χ2n) is 4.66. The summed E-state index contributed by atoms with van der Waals surface area (Å²) in [5.74, 6) is 0. The van der Waals surface area contributed by atoms with E-state index in [1.807, 2.05) is 0 Å². The SMILES string of the molecule is CC1=CCCCCC=CN(C)CCCC1. The Morgan fingerprint density at radius 2 is 1.87 bits per heavy atom. The van der Waals surface area contributed by atoms with Crippen molar-refractivity contribution < 1.29 is 0 Å². The molecule has 1 aliphatic rings. The second kappa shape index (κ2) is 7.56. The minimum absolute atomic E-state index is 1.20. The highest BCUT2D eigenvalue weighted by Crippen LogP contribution is 2.11. The van der Waals surface area contributed by atoms with Crippen molar-refractivity contribution in [2.75, 3.05) is 13.6 Å². The van der Waals surface area contributed by atoms with Gasteiger partial charge in [-0.2, -0.15) is 0 Å². The van der Waals surface area contributed by atoms with Gasteiger partial charge in [-0.3, -0.25) is 0 Å². The van der Waals surface area contributed by atoms with Crippen LogP contribution in [0.15, 0.2) is 23.9 Å². The first-order valence-electron chi connectivity index (χ1n) is 6.31. The molecular weight excluding hydrogens is 182 g/mol. The molecule has 0 aromatic rings. The van der Waals surface area contributed by atoms with Crippen molar-refractivity contribution in [3.63, 3.8) is 0 Å². The number of allylic oxidation sites excluding steroid dienone is 3. The van der Waals surface area contributed by atoms with E-state index in [0.29, 0.717) is 0 Å². The summed E-state index contributed by atoms with van der Waals surface area (Å²) in [4.78, 5) is 2.32. The van der Waals surface area contributed by atoms with Crippen LogP contribution in [0.5, 0.6) is 0 Å². The Hall–Kier alpha value is -0.720. The molecule has 0 amide bonds. The molecule has 0 aliphatic carbocycles. The summed E-state index contributed by atoms with van der Waals surface area (Å²) < 4.78 is 0. The van der Waals surface area contributed by atoms with Crippen molar-refractivity contribution in [2.45, 2.75) is 51.9 Å². The van der Waals surface area contributed by atoms with Crippen molar-refractivity contribution in [3.8, 4) is 0 Å². The molecule has 0 fully saturated rings. The van der Waals surface area contributed by atoms with E-state index in [9.17, 15) is 0 Å². The molecule has 0 radical (unpaired) electrons. The average molecular weight is 207 g/mol. The van der Waals surface area contributed by atoms with Gasteiger partial charge < -0.3 is 4.90 Å². The summed E-state index contributed by atoms with van der Waals surface area (Å²) >= 11 is 0. The summed E-state index contributed by atoms with van der Waals surface area (Å²) in [5, 5.41) is 0. The van der Waals surface area contributed by atoms with E-state index in [0.717, 1.165) is 0 Å². The first kappa shape index (κ1) is 12.4. The van der Waals surface area contributed by atoms with Crippen LogP contribution in [0.4, 0.5) is 0 Å². The molecule has 0 bridgehead atoms. The fraction of sp³-hybridized carbons (Fsp3) is 0.714. The molecule has 0 atom stereocenters. The number of nitrogens with zero attached hydrogens (tertiary/aromatic N) is 1. The van der Waals surface area contributed by atoms with E-state index in [2.05, 4.69) is 37.2 Å². The lowest BCUT2D eigenvalue weighted by Gasteiger charge is -2.13. The molecule has 86 valence electrons. The largest absolute Gasteiger partial charge is 0.381 e. The molecule has 0 aromatic carbocycles. The van der Waals surface area contributed by atoms with Gasteiger partial charge in [-0.05, 0) is 58.1 Å². The normalized spacial score (nSPS) is 21.2. The number of hydrogen-bond acceptors (Lipinski definition) is 1. The molecule has 0 unspecified atom stereocenters. The summed E-state index contributed by atoms with van der Waals surface area (Å²) in [6.07, 6.45) is 16.1. The van der Waals surface area contributed by atoms with Crippen LogP contribution in [0.2, 0.25) is 0 Å². The van der Waals surface area contributed by atoms with Gasteiger partial charge in [-0.1, -0.05) is 17.7 Å². The van der Waals surface area contributed by atoms with Crippen LogP contribution in [0.1, 0.15) is 51.9 Å². The van der Waals surface area contributed by atoms with E-state index >= 15 is 0 Å². The molecule has 0 spiro atoms. The summed E-state index contributed by atoms with van der Waals surface area (Å²) in [6, 6.07) is 0. The van der Waals surface area contributed by atoms with E-state index in [4.69, 9.17) is 0 Å². The van der Waals surface area contributed by atoms with Gasteiger partial charge in [0.25, 0.3) is 0 Å². The van der Waals surface area contributed by atoms with Gasteiger partial charge >= 0.3 is 0 Å². The summed E-state index contributed by atoms with van der Waals surface area (Å²) in [7, 11) is 2.18. The highest BCUT2D eigenvalue weighted by Gasteiger charge is 1.95. The van der Waals surface area contributed by atoms with Crippen LogP contribution in [-0.2, 0) is 0 Å². The number of rotatable bonds is 0. The van der Waals surface area contributed by atoms with Crippen LogP contribution in [0.25, 0.3) is 0 Å². The topological polar surface area (TPSA) is 3.24 Å². The van der Waals surface area contributed by atoms with Crippen molar-refractivity contribution >= 4 is 0 Å². The smallest absolute Gasteiger partial charge is 0.0169 e. The Balaban J connectivity index is 2.37. The predicted octanol–water partition coefficient (Wildman–Crippen LogP) is 4.12. The Morgan fingerprint density at radius 3 is 2.73 bits per heavy atom. The van der Waals surface area contributed by atoms with Gasteiger partial charge in [0.05, 0.1) is 0 Å². The van der Waals surface area contributed by atoms with Crippen molar-refractivity contribution in [3.05, 3.63) is 23.9 Å². The molecule has 1 nitrogen and oxygen atoms in total. The van der Waals surface area contributed by atoms with Crippen molar-refractivity contribution in [2.24, 2.45) is 0 Å². The predicted molar refractivity (Wildman–Crippen MR) is 67.8 cm³/mol. The molecule has 1 heterocycles. The lowest BCUT2D eigenvalue weighted by molar-refractivity contribution is 0.435. The van der Waals surface area contributed by atoms with E-state index < -0.39 is 0 Å². The molecule has 0 N–H and O–H groups in total. The van der Waals surface area contributed by atoms with Gasteiger partial charge in [-0.25, -0.2) is 0 Å². The zero-order chi connectivity index (χ0) is 10.9. The Labute approximate surface area is 94.9 Å². The lowest BCUT2D eigenvalue weighted by Crippen LogP contribution is -2.11. The molecule has 0 aromatic heterocycles. The van der Waals surface area contributed by atoms with Gasteiger partial charge in [-0.15, -0.1) is 0 Å². The van der Waals surface area contributed by atoms with E-state index in [1.165, 1.54) is 51.5 Å². The van der Waals surface area contributed by atoms with Gasteiger partial charge in [0.2, 0.25) is 0 Å². The molecular formula is C14H25N. The van der Waals surface area contributed by atoms with Crippen LogP contribution < -0.4 is 0 Å². The first-order valence-corrected chi connectivity index (χ1v) is 6.31. The fourth-order valence-corrected chi connectivity index (χ4v) is 1.95. The maximum atomic E-state index is 2.44. The quantitative estimate of drug-likeness (QED) is 0.540.